The second kappa shape index (κ2) is 15.8. The molecule has 1 aliphatic carbocycles. The molecule has 330 valence electrons. The Morgan fingerprint density at radius 2 is 0.971 bits per heavy atom. The predicted molar refractivity (Wildman–Crippen MR) is 300 cm³/mol. The largest absolute Gasteiger partial charge is 0.310 e. The fourth-order valence-corrected chi connectivity index (χ4v) is 12.7. The molecule has 0 N–H and O–H groups in total. The van der Waals surface area contributed by atoms with Gasteiger partial charge in [-0.05, 0) is 134 Å². The van der Waals surface area contributed by atoms with Crippen LogP contribution in [0.5, 0.6) is 0 Å². The Balaban J connectivity index is 1.06. The van der Waals surface area contributed by atoms with Crippen LogP contribution in [0.25, 0.3) is 103 Å². The quantitative estimate of drug-likeness (QED) is 0.155. The Bertz CT molecular complexity index is 4180. The van der Waals surface area contributed by atoms with Gasteiger partial charge in [-0.3, -0.25) is 0 Å². The molecular weight excluding hydrogens is 865 g/mol. The van der Waals surface area contributed by atoms with E-state index in [-0.39, 0.29) is 5.41 Å². The highest BCUT2D eigenvalue weighted by Gasteiger charge is 2.36. The molecular formula is C67H46N2S. The van der Waals surface area contributed by atoms with Gasteiger partial charge in [0.25, 0.3) is 0 Å². The molecule has 0 saturated heterocycles. The van der Waals surface area contributed by atoms with E-state index in [4.69, 9.17) is 0 Å². The van der Waals surface area contributed by atoms with Crippen molar-refractivity contribution >= 4 is 81.1 Å². The van der Waals surface area contributed by atoms with Gasteiger partial charge < -0.3 is 9.47 Å². The number of hydrogen-bond acceptors (Lipinski definition) is 2. The summed E-state index contributed by atoms with van der Waals surface area (Å²) in [4.78, 5) is 2.46. The minimum absolute atomic E-state index is 0.147. The fraction of sp³-hybridized carbons (Fsp3) is 0.0448. The van der Waals surface area contributed by atoms with Crippen molar-refractivity contribution in [2.75, 3.05) is 4.90 Å². The van der Waals surface area contributed by atoms with E-state index in [9.17, 15) is 0 Å². The number of thiophene rings is 1. The van der Waals surface area contributed by atoms with Crippen LogP contribution in [0.15, 0.2) is 243 Å². The number of nitrogens with zero attached hydrogens (tertiary/aromatic N) is 2. The zero-order valence-corrected chi connectivity index (χ0v) is 39.7. The molecule has 0 fully saturated rings. The van der Waals surface area contributed by atoms with E-state index < -0.39 is 0 Å². The summed E-state index contributed by atoms with van der Waals surface area (Å²) in [6.07, 6.45) is 0. The van der Waals surface area contributed by atoms with Gasteiger partial charge in [0, 0.05) is 64.7 Å². The molecule has 11 aromatic carbocycles. The normalized spacial score (nSPS) is 12.8. The highest BCUT2D eigenvalue weighted by Crippen LogP contribution is 2.52. The van der Waals surface area contributed by atoms with Gasteiger partial charge in [-0.25, -0.2) is 0 Å². The molecule has 0 spiro atoms. The standard InChI is InChI=1S/C67H46N2S/c1-67(2)59-25-15-14-24-54(59)55-35-33-52(40-60(55)67)68(51-31-28-46(29-32-51)43-16-6-3-7-17-43)53-34-36-56-61(41-53)69(50-22-10-5-11-23-50)62-42-57(49-27-26-45-20-12-13-21-47(45)38-49)66-65(64(56)62)58-39-48(30-37-63(58)70-66)44-18-8-4-9-19-44/h3-42H,1-2H3. The summed E-state index contributed by atoms with van der Waals surface area (Å²) < 4.78 is 5.11. The van der Waals surface area contributed by atoms with E-state index in [2.05, 4.69) is 266 Å². The van der Waals surface area contributed by atoms with Crippen LogP contribution in [-0.4, -0.2) is 4.57 Å². The van der Waals surface area contributed by atoms with Gasteiger partial charge in [-0.15, -0.1) is 11.3 Å². The summed E-state index contributed by atoms with van der Waals surface area (Å²) in [5.74, 6) is 0. The number of hydrogen-bond donors (Lipinski definition) is 0. The maximum Gasteiger partial charge on any atom is 0.0562 e. The number of aromatic nitrogens is 1. The minimum atomic E-state index is -0.147. The zero-order chi connectivity index (χ0) is 46.5. The van der Waals surface area contributed by atoms with Crippen molar-refractivity contribution in [3.05, 3.63) is 254 Å². The lowest BCUT2D eigenvalue weighted by molar-refractivity contribution is 0.660. The number of para-hydroxylation sites is 1. The maximum absolute atomic E-state index is 2.52. The lowest BCUT2D eigenvalue weighted by Gasteiger charge is -2.28. The van der Waals surface area contributed by atoms with Gasteiger partial charge in [0.2, 0.25) is 0 Å². The van der Waals surface area contributed by atoms with E-state index in [1.165, 1.54) is 103 Å². The summed E-state index contributed by atoms with van der Waals surface area (Å²) in [5.41, 5.74) is 19.3. The van der Waals surface area contributed by atoms with Gasteiger partial charge >= 0.3 is 0 Å². The smallest absolute Gasteiger partial charge is 0.0562 e. The minimum Gasteiger partial charge on any atom is -0.310 e. The fourth-order valence-electron chi connectivity index (χ4n) is 11.5. The van der Waals surface area contributed by atoms with Crippen molar-refractivity contribution in [1.82, 2.24) is 4.57 Å². The third kappa shape index (κ3) is 6.32. The maximum atomic E-state index is 2.52. The van der Waals surface area contributed by atoms with Gasteiger partial charge in [0.05, 0.1) is 11.0 Å². The van der Waals surface area contributed by atoms with Crippen molar-refractivity contribution in [3.8, 4) is 50.2 Å². The van der Waals surface area contributed by atoms with Crippen LogP contribution in [0.3, 0.4) is 0 Å². The molecule has 14 rings (SSSR count). The Labute approximate surface area is 411 Å². The summed E-state index contributed by atoms with van der Waals surface area (Å²) >= 11 is 1.91. The first-order valence-electron chi connectivity index (χ1n) is 24.2. The van der Waals surface area contributed by atoms with E-state index in [1.807, 2.05) is 11.3 Å². The summed E-state index contributed by atoms with van der Waals surface area (Å²) in [6.45, 7) is 4.74. The highest BCUT2D eigenvalue weighted by molar-refractivity contribution is 7.26. The average Bonchev–Trinajstić information content (AvgIpc) is 4.04. The molecule has 70 heavy (non-hydrogen) atoms. The number of benzene rings is 11. The van der Waals surface area contributed by atoms with Crippen molar-refractivity contribution in [1.29, 1.82) is 0 Å². The van der Waals surface area contributed by atoms with Crippen LogP contribution in [0, 0.1) is 0 Å². The van der Waals surface area contributed by atoms with Crippen molar-refractivity contribution in [2.24, 2.45) is 0 Å². The molecule has 13 aromatic rings. The molecule has 0 radical (unpaired) electrons. The first-order valence-corrected chi connectivity index (χ1v) is 25.1. The SMILES string of the molecule is CC1(C)c2ccccc2-c2ccc(N(c3ccc(-c4ccccc4)cc3)c3ccc4c5c6c(sc7ccc(-c8ccccc8)cc76)c(-c6ccc7ccccc7c6)cc5n(-c5ccccc5)c4c3)cc21. The molecule has 2 aromatic heterocycles. The van der Waals surface area contributed by atoms with Gasteiger partial charge in [0.15, 0.2) is 0 Å². The van der Waals surface area contributed by atoms with Crippen molar-refractivity contribution < 1.29 is 0 Å². The Morgan fingerprint density at radius 3 is 1.76 bits per heavy atom. The van der Waals surface area contributed by atoms with Crippen molar-refractivity contribution in [2.45, 2.75) is 19.3 Å². The summed E-state index contributed by atoms with van der Waals surface area (Å²) in [5, 5.41) is 7.58. The molecule has 0 saturated carbocycles. The second-order valence-corrected chi connectivity index (χ2v) is 20.3. The first-order chi connectivity index (χ1) is 34.5. The number of rotatable bonds is 7. The topological polar surface area (TPSA) is 8.17 Å². The lowest BCUT2D eigenvalue weighted by Crippen LogP contribution is -2.16. The monoisotopic (exact) mass is 910 g/mol. The summed E-state index contributed by atoms with van der Waals surface area (Å²) in [6, 6.07) is 89.9. The number of anilines is 3. The highest BCUT2D eigenvalue weighted by atomic mass is 32.1. The van der Waals surface area contributed by atoms with E-state index in [1.54, 1.807) is 0 Å². The average molecular weight is 911 g/mol. The van der Waals surface area contributed by atoms with Gasteiger partial charge in [-0.1, -0.05) is 184 Å². The third-order valence-electron chi connectivity index (χ3n) is 15.0. The molecule has 3 heteroatoms. The molecule has 0 unspecified atom stereocenters. The van der Waals surface area contributed by atoms with E-state index in [0.717, 1.165) is 28.3 Å². The Hall–Kier alpha value is -8.50. The van der Waals surface area contributed by atoms with Crippen LogP contribution in [0.4, 0.5) is 17.1 Å². The number of fused-ring (bicyclic) bond motifs is 11. The molecule has 1 aliphatic rings. The molecule has 2 nitrogen and oxygen atoms in total. The van der Waals surface area contributed by atoms with E-state index in [0.29, 0.717) is 0 Å². The molecule has 0 bridgehead atoms. The van der Waals surface area contributed by atoms with E-state index >= 15 is 0 Å². The molecule has 2 heterocycles. The molecule has 0 atom stereocenters. The van der Waals surface area contributed by atoms with Crippen molar-refractivity contribution in [3.63, 3.8) is 0 Å². The Kier molecular flexibility index (Phi) is 9.14. The van der Waals surface area contributed by atoms with Gasteiger partial charge in [0.1, 0.15) is 0 Å². The van der Waals surface area contributed by atoms with Crippen LogP contribution in [-0.2, 0) is 5.41 Å². The Morgan fingerprint density at radius 1 is 0.371 bits per heavy atom. The summed E-state index contributed by atoms with van der Waals surface area (Å²) in [7, 11) is 0. The molecule has 0 aliphatic heterocycles. The lowest BCUT2D eigenvalue weighted by atomic mass is 9.82. The molecule has 0 amide bonds. The van der Waals surface area contributed by atoms with Crippen LogP contribution < -0.4 is 4.90 Å². The zero-order valence-electron chi connectivity index (χ0n) is 38.9. The van der Waals surface area contributed by atoms with Crippen LogP contribution in [0.1, 0.15) is 25.0 Å². The van der Waals surface area contributed by atoms with Crippen LogP contribution >= 0.6 is 11.3 Å². The second-order valence-electron chi connectivity index (χ2n) is 19.3. The first kappa shape index (κ1) is 40.6. The predicted octanol–water partition coefficient (Wildman–Crippen LogP) is 19.1. The third-order valence-corrected chi connectivity index (χ3v) is 16.2. The van der Waals surface area contributed by atoms with Crippen LogP contribution in [0.2, 0.25) is 0 Å². The van der Waals surface area contributed by atoms with Gasteiger partial charge in [-0.2, -0.15) is 0 Å².